The van der Waals surface area contributed by atoms with Crippen LogP contribution in [0.15, 0.2) is 24.3 Å². The van der Waals surface area contributed by atoms with Crippen LogP contribution in [0.5, 0.6) is 0 Å². The lowest BCUT2D eigenvalue weighted by Gasteiger charge is -2.07. The van der Waals surface area contributed by atoms with Crippen molar-refractivity contribution in [1.29, 1.82) is 0 Å². The van der Waals surface area contributed by atoms with Crippen molar-refractivity contribution in [2.45, 2.75) is 33.1 Å². The number of anilines is 1. The van der Waals surface area contributed by atoms with Crippen LogP contribution in [-0.4, -0.2) is 13.3 Å². The smallest absolute Gasteiger partial charge is 0.116 e. The van der Waals surface area contributed by atoms with Crippen LogP contribution in [0.3, 0.4) is 0 Å². The summed E-state index contributed by atoms with van der Waals surface area (Å²) in [5.41, 5.74) is 2.53. The highest BCUT2D eigenvalue weighted by molar-refractivity contribution is 5.44. The molecule has 0 heterocycles. The zero-order valence-corrected chi connectivity index (χ0v) is 9.75. The van der Waals surface area contributed by atoms with Crippen molar-refractivity contribution in [3.63, 3.8) is 0 Å². The fraction of sp³-hybridized carbons (Fsp3) is 0.538. The Labute approximate surface area is 92.6 Å². The van der Waals surface area contributed by atoms with E-state index >= 15 is 0 Å². The number of ether oxygens (including phenoxy) is 1. The summed E-state index contributed by atoms with van der Waals surface area (Å²) in [5.74, 6) is 0. The minimum absolute atomic E-state index is 0.598. The first-order valence-corrected chi connectivity index (χ1v) is 5.77. The van der Waals surface area contributed by atoms with E-state index in [0.29, 0.717) is 6.73 Å². The van der Waals surface area contributed by atoms with E-state index in [1.165, 1.54) is 12.0 Å². The number of rotatable bonds is 7. The van der Waals surface area contributed by atoms with Gasteiger partial charge in [-0.15, -0.1) is 0 Å². The maximum absolute atomic E-state index is 5.35. The van der Waals surface area contributed by atoms with Crippen molar-refractivity contribution in [1.82, 2.24) is 0 Å². The molecule has 0 aliphatic rings. The van der Waals surface area contributed by atoms with E-state index in [1.54, 1.807) is 0 Å². The Kier molecular flexibility index (Phi) is 5.86. The third kappa shape index (κ3) is 4.84. The second-order valence-corrected chi connectivity index (χ2v) is 3.68. The molecular formula is C13H21NO. The Hall–Kier alpha value is -1.02. The van der Waals surface area contributed by atoms with Crippen molar-refractivity contribution >= 4 is 5.69 Å². The summed E-state index contributed by atoms with van der Waals surface area (Å²) in [6.07, 6.45) is 3.43. The molecule has 0 unspecified atom stereocenters. The van der Waals surface area contributed by atoms with Crippen LogP contribution in [0.1, 0.15) is 32.3 Å². The molecule has 2 nitrogen and oxygen atoms in total. The number of benzene rings is 1. The molecular weight excluding hydrogens is 186 g/mol. The first-order valence-electron chi connectivity index (χ1n) is 5.77. The summed E-state index contributed by atoms with van der Waals surface area (Å²) >= 11 is 0. The highest BCUT2D eigenvalue weighted by Gasteiger charge is 1.93. The summed E-state index contributed by atoms with van der Waals surface area (Å²) < 4.78 is 5.35. The van der Waals surface area contributed by atoms with Gasteiger partial charge in [-0.05, 0) is 30.5 Å². The summed E-state index contributed by atoms with van der Waals surface area (Å²) in [6, 6.07) is 8.57. The number of hydrogen-bond acceptors (Lipinski definition) is 2. The Morgan fingerprint density at radius 2 is 1.80 bits per heavy atom. The molecule has 84 valence electrons. The largest absolute Gasteiger partial charge is 0.363 e. The van der Waals surface area contributed by atoms with Crippen molar-refractivity contribution in [3.05, 3.63) is 29.8 Å². The van der Waals surface area contributed by atoms with Crippen LogP contribution in [0, 0.1) is 0 Å². The Morgan fingerprint density at radius 1 is 1.07 bits per heavy atom. The second-order valence-electron chi connectivity index (χ2n) is 3.68. The first-order chi connectivity index (χ1) is 7.36. The van der Waals surface area contributed by atoms with E-state index in [4.69, 9.17) is 4.74 Å². The van der Waals surface area contributed by atoms with E-state index in [1.807, 2.05) is 0 Å². The molecule has 0 amide bonds. The molecule has 1 aromatic carbocycles. The summed E-state index contributed by atoms with van der Waals surface area (Å²) in [6.45, 7) is 5.73. The maximum Gasteiger partial charge on any atom is 0.116 e. The van der Waals surface area contributed by atoms with Crippen LogP contribution in [-0.2, 0) is 11.2 Å². The van der Waals surface area contributed by atoms with E-state index < -0.39 is 0 Å². The average Bonchev–Trinajstić information content (AvgIpc) is 2.27. The van der Waals surface area contributed by atoms with Gasteiger partial charge in [-0.2, -0.15) is 0 Å². The van der Waals surface area contributed by atoms with Crippen LogP contribution < -0.4 is 5.32 Å². The lowest BCUT2D eigenvalue weighted by atomic mass is 10.1. The van der Waals surface area contributed by atoms with Crippen LogP contribution >= 0.6 is 0 Å². The van der Waals surface area contributed by atoms with Crippen molar-refractivity contribution < 1.29 is 4.74 Å². The zero-order valence-electron chi connectivity index (χ0n) is 9.75. The van der Waals surface area contributed by atoms with Gasteiger partial charge in [-0.25, -0.2) is 0 Å². The molecule has 0 radical (unpaired) electrons. The van der Waals surface area contributed by atoms with Crippen LogP contribution in [0.2, 0.25) is 0 Å². The zero-order chi connectivity index (χ0) is 10.9. The fourth-order valence-electron chi connectivity index (χ4n) is 1.43. The molecule has 0 aromatic heterocycles. The first kappa shape index (κ1) is 12.1. The van der Waals surface area contributed by atoms with Crippen LogP contribution in [0.25, 0.3) is 0 Å². The van der Waals surface area contributed by atoms with Gasteiger partial charge >= 0.3 is 0 Å². The number of nitrogens with one attached hydrogen (secondary N) is 1. The predicted octanol–water partition coefficient (Wildman–Crippen LogP) is 3.44. The van der Waals surface area contributed by atoms with E-state index in [-0.39, 0.29) is 0 Å². The fourth-order valence-corrected chi connectivity index (χ4v) is 1.43. The molecule has 0 saturated heterocycles. The summed E-state index contributed by atoms with van der Waals surface area (Å²) in [4.78, 5) is 0. The molecule has 0 atom stereocenters. The molecule has 1 N–H and O–H groups in total. The molecule has 15 heavy (non-hydrogen) atoms. The molecule has 0 fully saturated rings. The monoisotopic (exact) mass is 207 g/mol. The topological polar surface area (TPSA) is 21.3 Å². The number of aryl methyl sites for hydroxylation is 1. The molecule has 0 aliphatic carbocycles. The summed E-state index contributed by atoms with van der Waals surface area (Å²) in [5, 5.41) is 3.23. The second kappa shape index (κ2) is 7.30. The molecule has 0 saturated carbocycles. The van der Waals surface area contributed by atoms with E-state index in [9.17, 15) is 0 Å². The molecule has 1 aromatic rings. The molecule has 1 rings (SSSR count). The molecule has 0 bridgehead atoms. The minimum atomic E-state index is 0.598. The Bertz CT molecular complexity index is 256. The molecule has 0 spiro atoms. The van der Waals surface area contributed by atoms with Gasteiger partial charge in [0.2, 0.25) is 0 Å². The van der Waals surface area contributed by atoms with Gasteiger partial charge in [0.15, 0.2) is 0 Å². The Balaban J connectivity index is 2.29. The summed E-state index contributed by atoms with van der Waals surface area (Å²) in [7, 11) is 0. The normalized spacial score (nSPS) is 10.3. The van der Waals surface area contributed by atoms with Gasteiger partial charge in [0.1, 0.15) is 6.73 Å². The van der Waals surface area contributed by atoms with Gasteiger partial charge in [0, 0.05) is 12.3 Å². The third-order valence-electron chi connectivity index (χ3n) is 2.22. The van der Waals surface area contributed by atoms with E-state index in [0.717, 1.165) is 25.1 Å². The van der Waals surface area contributed by atoms with Crippen molar-refractivity contribution in [2.24, 2.45) is 0 Å². The van der Waals surface area contributed by atoms with E-state index in [2.05, 4.69) is 43.4 Å². The predicted molar refractivity (Wildman–Crippen MR) is 65.2 cm³/mol. The highest BCUT2D eigenvalue weighted by Crippen LogP contribution is 2.10. The quantitative estimate of drug-likeness (QED) is 0.546. The lowest BCUT2D eigenvalue weighted by molar-refractivity contribution is 0.153. The van der Waals surface area contributed by atoms with Gasteiger partial charge in [0.25, 0.3) is 0 Å². The highest BCUT2D eigenvalue weighted by atomic mass is 16.5. The Morgan fingerprint density at radius 3 is 2.40 bits per heavy atom. The standard InChI is InChI=1S/C13H21NO/c1-3-5-12-6-8-13(9-7-12)14-11-15-10-4-2/h6-9,14H,3-5,10-11H2,1-2H3. The van der Waals surface area contributed by atoms with Crippen molar-refractivity contribution in [3.8, 4) is 0 Å². The van der Waals surface area contributed by atoms with Gasteiger partial charge in [0.05, 0.1) is 0 Å². The van der Waals surface area contributed by atoms with Crippen molar-refractivity contribution in [2.75, 3.05) is 18.7 Å². The average molecular weight is 207 g/mol. The number of hydrogen-bond donors (Lipinski definition) is 1. The third-order valence-corrected chi connectivity index (χ3v) is 2.22. The molecule has 0 aliphatic heterocycles. The minimum Gasteiger partial charge on any atom is -0.363 e. The van der Waals surface area contributed by atoms with Crippen LogP contribution in [0.4, 0.5) is 5.69 Å². The van der Waals surface area contributed by atoms with Gasteiger partial charge in [-0.3, -0.25) is 0 Å². The molecule has 2 heteroatoms. The maximum atomic E-state index is 5.35. The lowest BCUT2D eigenvalue weighted by Crippen LogP contribution is -2.06. The SMILES string of the molecule is CCCOCNc1ccc(CCC)cc1. The van der Waals surface area contributed by atoms with Gasteiger partial charge < -0.3 is 10.1 Å². The van der Waals surface area contributed by atoms with Gasteiger partial charge in [-0.1, -0.05) is 32.4 Å².